The van der Waals surface area contributed by atoms with Crippen LogP contribution in [0.4, 0.5) is 10.1 Å². The molecule has 0 amide bonds. The van der Waals surface area contributed by atoms with E-state index in [-0.39, 0.29) is 5.82 Å². The maximum absolute atomic E-state index is 12.6. The Morgan fingerprint density at radius 2 is 2.00 bits per heavy atom. The summed E-state index contributed by atoms with van der Waals surface area (Å²) in [6, 6.07) is 4.61. The number of rotatable bonds is 1. The number of halogens is 1. The van der Waals surface area contributed by atoms with E-state index in [1.165, 1.54) is 12.1 Å². The van der Waals surface area contributed by atoms with Gasteiger partial charge < -0.3 is 0 Å². The van der Waals surface area contributed by atoms with Crippen molar-refractivity contribution in [1.82, 2.24) is 0 Å². The van der Waals surface area contributed by atoms with Gasteiger partial charge >= 0.3 is 0 Å². The number of hydrogen-bond acceptors (Lipinski definition) is 1. The number of aryl methyl sites for hydroxylation is 1. The van der Waals surface area contributed by atoms with E-state index in [0.717, 1.165) is 17.0 Å². The van der Waals surface area contributed by atoms with Crippen molar-refractivity contribution in [2.45, 2.75) is 20.8 Å². The molecule has 0 aliphatic rings. The van der Waals surface area contributed by atoms with E-state index in [1.807, 2.05) is 20.8 Å². The predicted octanol–water partition coefficient (Wildman–Crippen LogP) is 3.25. The standard InChI is InChI=1S/C10H12FN/c1-7(2)12-10-5-4-9(11)6-8(10)3/h4-6H,1-3H3. The normalized spacial score (nSPS) is 9.67. The average molecular weight is 165 g/mol. The molecule has 0 spiro atoms. The maximum Gasteiger partial charge on any atom is 0.123 e. The zero-order chi connectivity index (χ0) is 9.14. The first-order chi connectivity index (χ1) is 5.59. The first-order valence-corrected chi connectivity index (χ1v) is 3.87. The monoisotopic (exact) mass is 165 g/mol. The zero-order valence-corrected chi connectivity index (χ0v) is 7.56. The molecule has 0 saturated carbocycles. The molecule has 0 radical (unpaired) electrons. The molecule has 0 bridgehead atoms. The van der Waals surface area contributed by atoms with Crippen molar-refractivity contribution in [3.8, 4) is 0 Å². The zero-order valence-electron chi connectivity index (χ0n) is 7.56. The van der Waals surface area contributed by atoms with Gasteiger partial charge in [0.25, 0.3) is 0 Å². The van der Waals surface area contributed by atoms with Crippen LogP contribution in [0.3, 0.4) is 0 Å². The first-order valence-electron chi connectivity index (χ1n) is 3.87. The van der Waals surface area contributed by atoms with Crippen LogP contribution >= 0.6 is 0 Å². The van der Waals surface area contributed by atoms with Gasteiger partial charge in [-0.1, -0.05) is 0 Å². The minimum atomic E-state index is -0.208. The first kappa shape index (κ1) is 8.91. The second kappa shape index (κ2) is 3.48. The van der Waals surface area contributed by atoms with Crippen LogP contribution in [-0.4, -0.2) is 5.71 Å². The van der Waals surface area contributed by atoms with Crippen molar-refractivity contribution in [2.75, 3.05) is 0 Å². The van der Waals surface area contributed by atoms with Gasteiger partial charge in [-0.15, -0.1) is 0 Å². The van der Waals surface area contributed by atoms with Crippen LogP contribution in [0.5, 0.6) is 0 Å². The Bertz CT molecular complexity index is 312. The second-order valence-corrected chi connectivity index (χ2v) is 2.99. The predicted molar refractivity (Wildman–Crippen MR) is 49.6 cm³/mol. The SMILES string of the molecule is CC(C)=Nc1ccc(F)cc1C. The molecule has 0 atom stereocenters. The van der Waals surface area contributed by atoms with Crippen LogP contribution in [0, 0.1) is 12.7 Å². The van der Waals surface area contributed by atoms with Gasteiger partial charge in [0, 0.05) is 5.71 Å². The molecule has 12 heavy (non-hydrogen) atoms. The fraction of sp³-hybridized carbons (Fsp3) is 0.300. The molecule has 0 fully saturated rings. The van der Waals surface area contributed by atoms with E-state index in [4.69, 9.17) is 0 Å². The van der Waals surface area contributed by atoms with Gasteiger partial charge in [0.05, 0.1) is 5.69 Å². The summed E-state index contributed by atoms with van der Waals surface area (Å²) in [5.74, 6) is -0.208. The largest absolute Gasteiger partial charge is 0.258 e. The van der Waals surface area contributed by atoms with Gasteiger partial charge in [0.15, 0.2) is 0 Å². The van der Waals surface area contributed by atoms with Crippen LogP contribution in [0.15, 0.2) is 23.2 Å². The molecular weight excluding hydrogens is 153 g/mol. The summed E-state index contributed by atoms with van der Waals surface area (Å²) in [6.07, 6.45) is 0. The van der Waals surface area contributed by atoms with Gasteiger partial charge in [-0.3, -0.25) is 4.99 Å². The lowest BCUT2D eigenvalue weighted by Gasteiger charge is -1.99. The van der Waals surface area contributed by atoms with Crippen LogP contribution in [-0.2, 0) is 0 Å². The van der Waals surface area contributed by atoms with Gasteiger partial charge in [-0.2, -0.15) is 0 Å². The lowest BCUT2D eigenvalue weighted by Crippen LogP contribution is -1.82. The molecule has 0 aromatic heterocycles. The van der Waals surface area contributed by atoms with Crippen molar-refractivity contribution in [1.29, 1.82) is 0 Å². The lowest BCUT2D eigenvalue weighted by molar-refractivity contribution is 0.627. The maximum atomic E-state index is 12.6. The van der Waals surface area contributed by atoms with Crippen LogP contribution in [0.25, 0.3) is 0 Å². The van der Waals surface area contributed by atoms with Gasteiger partial charge in [-0.05, 0) is 44.5 Å². The third-order valence-corrected chi connectivity index (χ3v) is 1.50. The van der Waals surface area contributed by atoms with Crippen LogP contribution in [0.1, 0.15) is 19.4 Å². The minimum absolute atomic E-state index is 0.208. The molecule has 1 aromatic rings. The molecule has 1 nitrogen and oxygen atoms in total. The third kappa shape index (κ3) is 2.16. The molecule has 0 aliphatic carbocycles. The fourth-order valence-corrected chi connectivity index (χ4v) is 0.985. The van der Waals surface area contributed by atoms with E-state index in [0.29, 0.717) is 0 Å². The number of benzene rings is 1. The van der Waals surface area contributed by atoms with Crippen LogP contribution < -0.4 is 0 Å². The molecule has 0 N–H and O–H groups in total. The third-order valence-electron chi connectivity index (χ3n) is 1.50. The average Bonchev–Trinajstić information content (AvgIpc) is 1.94. The number of hydrogen-bond donors (Lipinski definition) is 0. The molecule has 0 unspecified atom stereocenters. The summed E-state index contributed by atoms with van der Waals surface area (Å²) in [5, 5.41) is 0. The summed E-state index contributed by atoms with van der Waals surface area (Å²) in [7, 11) is 0. The van der Waals surface area contributed by atoms with Crippen molar-refractivity contribution in [3.63, 3.8) is 0 Å². The highest BCUT2D eigenvalue weighted by Gasteiger charge is 1.96. The smallest absolute Gasteiger partial charge is 0.123 e. The Kier molecular flexibility index (Phi) is 2.58. The van der Waals surface area contributed by atoms with Crippen LogP contribution in [0.2, 0.25) is 0 Å². The lowest BCUT2D eigenvalue weighted by atomic mass is 10.2. The Balaban J connectivity index is 3.10. The van der Waals surface area contributed by atoms with Crippen molar-refractivity contribution in [2.24, 2.45) is 4.99 Å². The van der Waals surface area contributed by atoms with E-state index in [9.17, 15) is 4.39 Å². The van der Waals surface area contributed by atoms with Gasteiger partial charge in [-0.25, -0.2) is 4.39 Å². The second-order valence-electron chi connectivity index (χ2n) is 2.99. The van der Waals surface area contributed by atoms with Crippen molar-refractivity contribution >= 4 is 11.4 Å². The number of nitrogens with zero attached hydrogens (tertiary/aromatic N) is 1. The summed E-state index contributed by atoms with van der Waals surface area (Å²) < 4.78 is 12.6. The Morgan fingerprint density at radius 1 is 1.33 bits per heavy atom. The summed E-state index contributed by atoms with van der Waals surface area (Å²) in [4.78, 5) is 4.25. The molecule has 0 heterocycles. The Morgan fingerprint density at radius 3 is 2.50 bits per heavy atom. The van der Waals surface area contributed by atoms with Gasteiger partial charge in [0.2, 0.25) is 0 Å². The van der Waals surface area contributed by atoms with Crippen molar-refractivity contribution < 1.29 is 4.39 Å². The highest BCUT2D eigenvalue weighted by molar-refractivity contribution is 5.82. The Labute approximate surface area is 72.0 Å². The quantitative estimate of drug-likeness (QED) is 0.566. The molecular formula is C10H12FN. The molecule has 0 saturated heterocycles. The van der Waals surface area contributed by atoms with E-state index in [2.05, 4.69) is 4.99 Å². The minimum Gasteiger partial charge on any atom is -0.258 e. The number of aliphatic imine (C=N–C) groups is 1. The van der Waals surface area contributed by atoms with Crippen molar-refractivity contribution in [3.05, 3.63) is 29.6 Å². The van der Waals surface area contributed by atoms with E-state index < -0.39 is 0 Å². The summed E-state index contributed by atoms with van der Waals surface area (Å²) in [6.45, 7) is 5.69. The molecule has 64 valence electrons. The van der Waals surface area contributed by atoms with E-state index >= 15 is 0 Å². The molecule has 1 rings (SSSR count). The fourth-order valence-electron chi connectivity index (χ4n) is 0.985. The molecule has 0 aliphatic heterocycles. The summed E-state index contributed by atoms with van der Waals surface area (Å²) >= 11 is 0. The topological polar surface area (TPSA) is 12.4 Å². The Hall–Kier alpha value is -1.18. The van der Waals surface area contributed by atoms with Gasteiger partial charge in [0.1, 0.15) is 5.82 Å². The highest BCUT2D eigenvalue weighted by atomic mass is 19.1. The summed E-state index contributed by atoms with van der Waals surface area (Å²) in [5.41, 5.74) is 2.69. The highest BCUT2D eigenvalue weighted by Crippen LogP contribution is 2.18. The molecule has 2 heteroatoms. The molecule has 1 aromatic carbocycles. The van der Waals surface area contributed by atoms with E-state index in [1.54, 1.807) is 6.07 Å².